The number of nitrogens with one attached hydrogen (secondary N) is 1. The van der Waals surface area contributed by atoms with Crippen LogP contribution in [0, 0.1) is 5.92 Å². The molecule has 2 aliphatic carbocycles. The van der Waals surface area contributed by atoms with E-state index in [1.807, 2.05) is 6.07 Å². The lowest BCUT2D eigenvalue weighted by Gasteiger charge is -2.13. The molecule has 2 atom stereocenters. The molecule has 5 rings (SSSR count). The van der Waals surface area contributed by atoms with Crippen LogP contribution in [0.15, 0.2) is 24.3 Å². The van der Waals surface area contributed by atoms with Gasteiger partial charge in [0.05, 0.1) is 5.69 Å². The zero-order valence-electron chi connectivity index (χ0n) is 15.4. The number of rotatable bonds is 0. The fourth-order valence-electron chi connectivity index (χ4n) is 4.87. The quantitative estimate of drug-likeness (QED) is 0.782. The Morgan fingerprint density at radius 1 is 1.07 bits per heavy atom. The highest BCUT2D eigenvalue weighted by molar-refractivity contribution is 5.81. The molecule has 2 aromatic rings. The van der Waals surface area contributed by atoms with Crippen molar-refractivity contribution in [3.8, 4) is 11.3 Å². The van der Waals surface area contributed by atoms with Crippen LogP contribution in [0.3, 0.4) is 0 Å². The molecule has 1 aromatic carbocycles. The number of ketones is 1. The number of nitrogens with zero attached hydrogens (tertiary/aromatic N) is 3. The average Bonchev–Trinajstić information content (AvgIpc) is 3.32. The molecule has 4 bridgehead atoms. The molecule has 2 unspecified atom stereocenters. The molecule has 0 amide bonds. The van der Waals surface area contributed by atoms with Crippen LogP contribution in [0.25, 0.3) is 22.9 Å². The normalized spacial score (nSPS) is 24.4. The molecule has 2 heterocycles. The van der Waals surface area contributed by atoms with Crippen molar-refractivity contribution in [2.24, 2.45) is 5.92 Å². The molecule has 0 radical (unpaired) electrons. The van der Waals surface area contributed by atoms with E-state index in [-0.39, 0.29) is 5.92 Å². The molecule has 0 saturated heterocycles. The van der Waals surface area contributed by atoms with Crippen molar-refractivity contribution >= 4 is 23.3 Å². The van der Waals surface area contributed by atoms with Crippen LogP contribution in [0.1, 0.15) is 51.4 Å². The van der Waals surface area contributed by atoms with Gasteiger partial charge in [0.25, 0.3) is 0 Å². The second-order valence-electron chi connectivity index (χ2n) is 8.01. The number of fused-ring (bicyclic) bond motifs is 5. The van der Waals surface area contributed by atoms with Gasteiger partial charge in [0, 0.05) is 30.0 Å². The summed E-state index contributed by atoms with van der Waals surface area (Å²) < 4.78 is 0. The van der Waals surface area contributed by atoms with E-state index in [1.165, 1.54) is 16.0 Å². The number of aromatic nitrogens is 3. The van der Waals surface area contributed by atoms with Crippen LogP contribution < -0.4 is 15.8 Å². The molecule has 1 N–H and O–H groups in total. The van der Waals surface area contributed by atoms with Gasteiger partial charge in [-0.3, -0.25) is 4.79 Å². The van der Waals surface area contributed by atoms with E-state index < -0.39 is 0 Å². The van der Waals surface area contributed by atoms with Crippen LogP contribution in [0.5, 0.6) is 0 Å². The van der Waals surface area contributed by atoms with Gasteiger partial charge in [-0.25, -0.2) is 0 Å². The van der Waals surface area contributed by atoms with Crippen molar-refractivity contribution in [3.05, 3.63) is 34.7 Å². The number of hydrogen-bond donors (Lipinski definition) is 1. The Bertz CT molecular complexity index is 1010. The molecular weight excluding hydrogens is 336 g/mol. The first-order chi connectivity index (χ1) is 13.3. The third-order valence-electron chi connectivity index (χ3n) is 6.26. The molecule has 1 aliphatic heterocycles. The summed E-state index contributed by atoms with van der Waals surface area (Å²) in [7, 11) is 0. The minimum Gasteiger partial charge on any atom is -0.366 e. The molecular formula is C22H24N4O. The van der Waals surface area contributed by atoms with E-state index in [1.54, 1.807) is 0 Å². The fourth-order valence-corrected chi connectivity index (χ4v) is 4.87. The van der Waals surface area contributed by atoms with Crippen molar-refractivity contribution in [3.63, 3.8) is 0 Å². The number of Topliss-reactive ketones (excluding diaryl/α,β-unsaturated/α-hetero) is 1. The van der Waals surface area contributed by atoms with Crippen molar-refractivity contribution in [1.82, 2.24) is 15.4 Å². The highest BCUT2D eigenvalue weighted by atomic mass is 16.1. The minimum atomic E-state index is 0.207. The molecule has 27 heavy (non-hydrogen) atoms. The molecule has 138 valence electrons. The Morgan fingerprint density at radius 3 is 2.96 bits per heavy atom. The Kier molecular flexibility index (Phi) is 4.23. The van der Waals surface area contributed by atoms with E-state index in [0.717, 1.165) is 68.4 Å². The van der Waals surface area contributed by atoms with E-state index in [2.05, 4.69) is 45.0 Å². The highest BCUT2D eigenvalue weighted by Crippen LogP contribution is 2.30. The molecule has 1 saturated carbocycles. The topological polar surface area (TPSA) is 67.8 Å². The van der Waals surface area contributed by atoms with Gasteiger partial charge >= 0.3 is 0 Å². The molecule has 5 nitrogen and oxygen atoms in total. The summed E-state index contributed by atoms with van der Waals surface area (Å²) in [4.78, 5) is 12.6. The third-order valence-corrected chi connectivity index (χ3v) is 6.26. The summed E-state index contributed by atoms with van der Waals surface area (Å²) >= 11 is 0. The largest absolute Gasteiger partial charge is 0.366 e. The van der Waals surface area contributed by atoms with Crippen molar-refractivity contribution in [2.75, 3.05) is 5.32 Å². The van der Waals surface area contributed by atoms with Gasteiger partial charge in [0.1, 0.15) is 5.78 Å². The summed E-state index contributed by atoms with van der Waals surface area (Å²) in [5.74, 6) is 1.41. The van der Waals surface area contributed by atoms with Gasteiger partial charge in [0.2, 0.25) is 0 Å². The lowest BCUT2D eigenvalue weighted by atomic mass is 9.96. The van der Waals surface area contributed by atoms with E-state index in [9.17, 15) is 4.79 Å². The zero-order chi connectivity index (χ0) is 18.2. The van der Waals surface area contributed by atoms with Gasteiger partial charge < -0.3 is 5.32 Å². The Balaban J connectivity index is 1.60. The molecule has 0 spiro atoms. The van der Waals surface area contributed by atoms with Crippen LogP contribution in [-0.2, 0) is 4.79 Å². The van der Waals surface area contributed by atoms with Gasteiger partial charge in [0.15, 0.2) is 5.82 Å². The molecule has 3 aliphatic rings. The number of hydrogen-bond acceptors (Lipinski definition) is 5. The maximum Gasteiger partial charge on any atom is 0.152 e. The maximum absolute atomic E-state index is 12.6. The Hall–Kier alpha value is -2.56. The lowest BCUT2D eigenvalue weighted by molar-refractivity contribution is -0.122. The predicted octanol–water partition coefficient (Wildman–Crippen LogP) is 2.60. The highest BCUT2D eigenvalue weighted by Gasteiger charge is 2.29. The van der Waals surface area contributed by atoms with Crippen LogP contribution in [0.2, 0.25) is 0 Å². The van der Waals surface area contributed by atoms with Crippen molar-refractivity contribution in [1.29, 1.82) is 0 Å². The second-order valence-corrected chi connectivity index (χ2v) is 8.01. The van der Waals surface area contributed by atoms with E-state index in [4.69, 9.17) is 0 Å². The van der Waals surface area contributed by atoms with Gasteiger partial charge in [-0.15, -0.1) is 10.2 Å². The Morgan fingerprint density at radius 2 is 2.00 bits per heavy atom. The first-order valence-electron chi connectivity index (χ1n) is 10.1. The summed E-state index contributed by atoms with van der Waals surface area (Å²) in [5.41, 5.74) is 3.47. The standard InChI is InChI=1S/C22H24N4O/c27-20-7-2-1-4-14-8-9-15-5-3-6-18(22(14)15)19-13-21(25-26-24-19)23-17-11-10-16(20)12-17/h3,5-6,9,13,16-17H,1-2,4,7-8,10-12H2,(H,23,24,25). The SMILES string of the molecule is O=C1CCCCC2=c3c(cccc3=CC2)-c2cc(nnn2)NC2CCC1C2. The first kappa shape index (κ1) is 16.6. The third kappa shape index (κ3) is 3.15. The maximum atomic E-state index is 12.6. The van der Waals surface area contributed by atoms with E-state index >= 15 is 0 Å². The molecule has 1 aromatic heterocycles. The van der Waals surface area contributed by atoms with Crippen molar-refractivity contribution in [2.45, 2.75) is 57.4 Å². The summed E-state index contributed by atoms with van der Waals surface area (Å²) in [6.45, 7) is 0. The van der Waals surface area contributed by atoms with Crippen LogP contribution in [0.4, 0.5) is 5.82 Å². The van der Waals surface area contributed by atoms with Gasteiger partial charge in [-0.2, -0.15) is 0 Å². The van der Waals surface area contributed by atoms with Gasteiger partial charge in [-0.05, 0) is 60.6 Å². The van der Waals surface area contributed by atoms with Gasteiger partial charge in [-0.1, -0.05) is 29.8 Å². The zero-order valence-corrected chi connectivity index (χ0v) is 15.4. The molecule has 1 fully saturated rings. The number of carbonyl (C=O) groups excluding carboxylic acids is 1. The number of benzene rings is 1. The van der Waals surface area contributed by atoms with E-state index in [0.29, 0.717) is 11.8 Å². The molecule has 5 heteroatoms. The summed E-state index contributed by atoms with van der Waals surface area (Å²) in [6.07, 6.45) is 10.0. The van der Waals surface area contributed by atoms with Crippen molar-refractivity contribution < 1.29 is 4.79 Å². The fraction of sp³-hybridized carbons (Fsp3) is 0.455. The monoisotopic (exact) mass is 360 g/mol. The lowest BCUT2D eigenvalue weighted by Crippen LogP contribution is -2.25. The summed E-state index contributed by atoms with van der Waals surface area (Å²) in [6, 6.07) is 8.71. The van der Waals surface area contributed by atoms with Crippen LogP contribution >= 0.6 is 0 Å². The Labute approximate surface area is 158 Å². The second kappa shape index (κ2) is 6.87. The number of anilines is 1. The predicted molar refractivity (Wildman–Crippen MR) is 105 cm³/mol. The smallest absolute Gasteiger partial charge is 0.152 e. The summed E-state index contributed by atoms with van der Waals surface area (Å²) in [5, 5.41) is 18.6. The first-order valence-corrected chi connectivity index (χ1v) is 10.1. The minimum absolute atomic E-state index is 0.207. The number of carbonyl (C=O) groups is 1. The van der Waals surface area contributed by atoms with Crippen LogP contribution in [-0.4, -0.2) is 27.2 Å². The average molecular weight is 360 g/mol.